The average Bonchev–Trinajstić information content (AvgIpc) is 2.76. The first-order valence-corrected chi connectivity index (χ1v) is 6.73. The van der Waals surface area contributed by atoms with E-state index in [0.29, 0.717) is 18.7 Å². The summed E-state index contributed by atoms with van der Waals surface area (Å²) in [4.78, 5) is 0.136. The van der Waals surface area contributed by atoms with E-state index in [4.69, 9.17) is 5.84 Å². The standard InChI is InChI=1S/C10H15N3O3S/c11-12-9-3-1-2-4-10(9)17(15,16)13-6-5-8(14)7-13/h1-4,8,12,14H,5-7,11H2. The molecule has 1 unspecified atom stereocenters. The molecule has 1 atom stereocenters. The minimum atomic E-state index is -3.58. The Morgan fingerprint density at radius 1 is 1.41 bits per heavy atom. The van der Waals surface area contributed by atoms with Crippen LogP contribution >= 0.6 is 0 Å². The average molecular weight is 257 g/mol. The van der Waals surface area contributed by atoms with Crippen molar-refractivity contribution in [3.05, 3.63) is 24.3 Å². The van der Waals surface area contributed by atoms with Crippen LogP contribution in [0.15, 0.2) is 29.2 Å². The fraction of sp³-hybridized carbons (Fsp3) is 0.400. The molecule has 1 aromatic rings. The lowest BCUT2D eigenvalue weighted by atomic mass is 10.3. The quantitative estimate of drug-likeness (QED) is 0.511. The number of anilines is 1. The summed E-state index contributed by atoms with van der Waals surface area (Å²) in [5.41, 5.74) is 2.72. The molecular weight excluding hydrogens is 242 g/mol. The lowest BCUT2D eigenvalue weighted by Crippen LogP contribution is -2.30. The lowest BCUT2D eigenvalue weighted by molar-refractivity contribution is 0.189. The van der Waals surface area contributed by atoms with Crippen molar-refractivity contribution in [1.29, 1.82) is 0 Å². The van der Waals surface area contributed by atoms with Gasteiger partial charge in [0, 0.05) is 13.1 Å². The van der Waals surface area contributed by atoms with Gasteiger partial charge in [-0.1, -0.05) is 12.1 Å². The number of rotatable bonds is 3. The Morgan fingerprint density at radius 2 is 2.12 bits per heavy atom. The zero-order chi connectivity index (χ0) is 12.5. The van der Waals surface area contributed by atoms with Crippen molar-refractivity contribution in [2.24, 2.45) is 5.84 Å². The molecule has 1 heterocycles. The van der Waals surface area contributed by atoms with Gasteiger partial charge >= 0.3 is 0 Å². The second-order valence-corrected chi connectivity index (χ2v) is 5.85. The van der Waals surface area contributed by atoms with Gasteiger partial charge in [-0.15, -0.1) is 0 Å². The monoisotopic (exact) mass is 257 g/mol. The summed E-state index contributed by atoms with van der Waals surface area (Å²) in [5.74, 6) is 5.29. The summed E-state index contributed by atoms with van der Waals surface area (Å²) in [6.07, 6.45) is -0.111. The largest absolute Gasteiger partial charge is 0.392 e. The molecule has 0 radical (unpaired) electrons. The molecule has 0 spiro atoms. The third-order valence-corrected chi connectivity index (χ3v) is 4.71. The van der Waals surface area contributed by atoms with E-state index in [9.17, 15) is 13.5 Å². The number of benzene rings is 1. The predicted octanol–water partition coefficient (Wildman–Crippen LogP) is -0.273. The van der Waals surface area contributed by atoms with E-state index >= 15 is 0 Å². The first-order valence-electron chi connectivity index (χ1n) is 5.29. The summed E-state index contributed by atoms with van der Waals surface area (Å²) in [5, 5.41) is 9.39. The molecule has 0 aliphatic carbocycles. The molecule has 0 saturated carbocycles. The fourth-order valence-electron chi connectivity index (χ4n) is 1.88. The van der Waals surface area contributed by atoms with Crippen LogP contribution in [0.25, 0.3) is 0 Å². The zero-order valence-electron chi connectivity index (χ0n) is 9.20. The van der Waals surface area contributed by atoms with Crippen LogP contribution < -0.4 is 11.3 Å². The molecule has 1 aliphatic heterocycles. The van der Waals surface area contributed by atoms with E-state index in [2.05, 4.69) is 5.43 Å². The van der Waals surface area contributed by atoms with Crippen LogP contribution in [0, 0.1) is 0 Å². The van der Waals surface area contributed by atoms with Gasteiger partial charge in [0.25, 0.3) is 0 Å². The van der Waals surface area contributed by atoms with Crippen molar-refractivity contribution < 1.29 is 13.5 Å². The first-order chi connectivity index (χ1) is 8.05. The molecule has 2 rings (SSSR count). The van der Waals surface area contributed by atoms with Crippen molar-refractivity contribution >= 4 is 15.7 Å². The normalized spacial score (nSPS) is 21.6. The second-order valence-electron chi connectivity index (χ2n) is 3.95. The number of aliphatic hydroxyl groups is 1. The van der Waals surface area contributed by atoms with Gasteiger partial charge in [0.15, 0.2) is 0 Å². The molecule has 17 heavy (non-hydrogen) atoms. The molecule has 0 aromatic heterocycles. The van der Waals surface area contributed by atoms with Crippen LogP contribution in [0.4, 0.5) is 5.69 Å². The van der Waals surface area contributed by atoms with Crippen LogP contribution in [0.2, 0.25) is 0 Å². The lowest BCUT2D eigenvalue weighted by Gasteiger charge is -2.17. The van der Waals surface area contributed by atoms with Crippen molar-refractivity contribution in [1.82, 2.24) is 4.31 Å². The highest BCUT2D eigenvalue weighted by Crippen LogP contribution is 2.26. The maximum Gasteiger partial charge on any atom is 0.245 e. The number of β-amino-alcohol motifs (C(OH)–C–C–N with tert-alkyl or cyclic N) is 1. The molecule has 1 fully saturated rings. The molecule has 7 heteroatoms. The summed E-state index contributed by atoms with van der Waals surface area (Å²) >= 11 is 0. The zero-order valence-corrected chi connectivity index (χ0v) is 10.0. The van der Waals surface area contributed by atoms with Crippen molar-refractivity contribution in [3.63, 3.8) is 0 Å². The number of nitrogens with zero attached hydrogens (tertiary/aromatic N) is 1. The van der Waals surface area contributed by atoms with Gasteiger partial charge in [-0.25, -0.2) is 8.42 Å². The van der Waals surface area contributed by atoms with Gasteiger partial charge < -0.3 is 10.5 Å². The molecule has 4 N–H and O–H groups in total. The van der Waals surface area contributed by atoms with Crippen molar-refractivity contribution in [2.45, 2.75) is 17.4 Å². The maximum atomic E-state index is 12.3. The van der Waals surface area contributed by atoms with E-state index < -0.39 is 16.1 Å². The Labute approximate surface area is 100 Å². The van der Waals surface area contributed by atoms with Gasteiger partial charge in [0.05, 0.1) is 11.8 Å². The van der Waals surface area contributed by atoms with E-state index in [1.54, 1.807) is 18.2 Å². The van der Waals surface area contributed by atoms with Crippen LogP contribution in [0.5, 0.6) is 0 Å². The van der Waals surface area contributed by atoms with Gasteiger partial charge in [0.1, 0.15) is 4.90 Å². The Bertz CT molecular complexity index is 503. The third-order valence-electron chi connectivity index (χ3n) is 2.79. The molecule has 1 aliphatic rings. The van der Waals surface area contributed by atoms with E-state index in [-0.39, 0.29) is 11.4 Å². The summed E-state index contributed by atoms with van der Waals surface area (Å²) in [6, 6.07) is 6.43. The number of nitrogens with two attached hydrogens (primary N) is 1. The van der Waals surface area contributed by atoms with Gasteiger partial charge in [-0.05, 0) is 18.6 Å². The highest BCUT2D eigenvalue weighted by atomic mass is 32.2. The van der Waals surface area contributed by atoms with E-state index in [1.165, 1.54) is 10.4 Å². The predicted molar refractivity (Wildman–Crippen MR) is 63.6 cm³/mol. The molecule has 0 amide bonds. The van der Waals surface area contributed by atoms with Crippen LogP contribution in [-0.4, -0.2) is 37.0 Å². The molecule has 1 saturated heterocycles. The number of hydrogen-bond donors (Lipinski definition) is 3. The van der Waals surface area contributed by atoms with Crippen molar-refractivity contribution in [3.8, 4) is 0 Å². The molecule has 94 valence electrons. The van der Waals surface area contributed by atoms with Gasteiger partial charge in [-0.3, -0.25) is 5.84 Å². The summed E-state index contributed by atoms with van der Waals surface area (Å²) < 4.78 is 25.8. The smallest absolute Gasteiger partial charge is 0.245 e. The van der Waals surface area contributed by atoms with Gasteiger partial charge in [0.2, 0.25) is 10.0 Å². The van der Waals surface area contributed by atoms with Crippen LogP contribution in [0.3, 0.4) is 0 Å². The van der Waals surface area contributed by atoms with Crippen LogP contribution in [-0.2, 0) is 10.0 Å². The fourth-order valence-corrected chi connectivity index (χ4v) is 3.53. The Kier molecular flexibility index (Phi) is 3.34. The summed E-state index contributed by atoms with van der Waals surface area (Å²) in [7, 11) is -3.58. The topological polar surface area (TPSA) is 95.7 Å². The number of hydrazine groups is 1. The maximum absolute atomic E-state index is 12.3. The molecular formula is C10H15N3O3S. The Hall–Kier alpha value is -1.15. The van der Waals surface area contributed by atoms with E-state index in [1.807, 2.05) is 0 Å². The number of hydrogen-bond acceptors (Lipinski definition) is 5. The molecule has 6 nitrogen and oxygen atoms in total. The third kappa shape index (κ3) is 2.27. The van der Waals surface area contributed by atoms with Crippen molar-refractivity contribution in [2.75, 3.05) is 18.5 Å². The van der Waals surface area contributed by atoms with Crippen LogP contribution in [0.1, 0.15) is 6.42 Å². The van der Waals surface area contributed by atoms with E-state index in [0.717, 1.165) is 0 Å². The Balaban J connectivity index is 2.38. The minimum absolute atomic E-state index is 0.136. The number of sulfonamides is 1. The second kappa shape index (κ2) is 4.61. The minimum Gasteiger partial charge on any atom is -0.392 e. The molecule has 1 aromatic carbocycles. The number of para-hydroxylation sites is 1. The summed E-state index contributed by atoms with van der Waals surface area (Å²) in [6.45, 7) is 0.476. The number of nitrogen functional groups attached to an aromatic ring is 1. The molecule has 0 bridgehead atoms. The number of aliphatic hydroxyl groups excluding tert-OH is 1. The Morgan fingerprint density at radius 3 is 2.71 bits per heavy atom. The highest BCUT2D eigenvalue weighted by Gasteiger charge is 2.32. The van der Waals surface area contributed by atoms with Gasteiger partial charge in [-0.2, -0.15) is 4.31 Å². The number of nitrogens with one attached hydrogen (secondary N) is 1. The first kappa shape index (κ1) is 12.3. The SMILES string of the molecule is NNc1ccccc1S(=O)(=O)N1CCC(O)C1. The highest BCUT2D eigenvalue weighted by molar-refractivity contribution is 7.89.